The fourth-order valence-corrected chi connectivity index (χ4v) is 3.87. The molecule has 5 nitrogen and oxygen atoms in total. The highest BCUT2D eigenvalue weighted by Gasteiger charge is 2.22. The Hall–Kier alpha value is -0.950. The first kappa shape index (κ1) is 16.4. The average Bonchev–Trinajstić information content (AvgIpc) is 2.85. The number of nitrogens with zero attached hydrogens (tertiary/aromatic N) is 1. The van der Waals surface area contributed by atoms with Crippen molar-refractivity contribution in [2.45, 2.75) is 24.8 Å². The zero-order chi connectivity index (χ0) is 15.5. The van der Waals surface area contributed by atoms with Crippen LogP contribution in [-0.2, 0) is 16.6 Å². The third-order valence-electron chi connectivity index (χ3n) is 4.05. The molecule has 0 aromatic heterocycles. The van der Waals surface area contributed by atoms with Crippen molar-refractivity contribution >= 4 is 10.0 Å². The Morgan fingerprint density at radius 2 is 2.14 bits per heavy atom. The lowest BCUT2D eigenvalue weighted by molar-refractivity contribution is 0.394. The van der Waals surface area contributed by atoms with Gasteiger partial charge in [-0.3, -0.25) is 0 Å². The van der Waals surface area contributed by atoms with E-state index in [2.05, 4.69) is 22.0 Å². The smallest absolute Gasteiger partial charge is 0.240 e. The van der Waals surface area contributed by atoms with E-state index in [0.717, 1.165) is 30.6 Å². The molecule has 0 aliphatic carbocycles. The summed E-state index contributed by atoms with van der Waals surface area (Å²) in [5, 5.41) is 3.06. The number of benzene rings is 1. The summed E-state index contributed by atoms with van der Waals surface area (Å²) in [7, 11) is 0.505. The van der Waals surface area contributed by atoms with E-state index in [4.69, 9.17) is 0 Å². The zero-order valence-corrected chi connectivity index (χ0v) is 13.8. The van der Waals surface area contributed by atoms with Crippen molar-refractivity contribution in [2.24, 2.45) is 5.92 Å². The Morgan fingerprint density at radius 3 is 2.76 bits per heavy atom. The number of nitrogens with one attached hydrogen (secondary N) is 2. The second-order valence-electron chi connectivity index (χ2n) is 5.89. The third kappa shape index (κ3) is 4.26. The van der Waals surface area contributed by atoms with Gasteiger partial charge in [-0.1, -0.05) is 6.07 Å². The maximum absolute atomic E-state index is 12.4. The standard InChI is InChI=1S/C15H25N3O2S/c1-12-4-5-15(8-14(12)10-16-2)21(19,20)17-9-13-6-7-18(3)11-13/h4-5,8,13,16-17H,6-7,9-11H2,1-3H3. The SMILES string of the molecule is CNCc1cc(S(=O)(=O)NCC2CCN(C)C2)ccc1C. The molecular weight excluding hydrogens is 286 g/mol. The number of aryl methyl sites for hydroxylation is 1. The molecule has 0 spiro atoms. The van der Waals surface area contributed by atoms with Crippen LogP contribution in [0.4, 0.5) is 0 Å². The van der Waals surface area contributed by atoms with Crippen molar-refractivity contribution in [1.29, 1.82) is 0 Å². The first-order valence-corrected chi connectivity index (χ1v) is 8.83. The van der Waals surface area contributed by atoms with Crippen LogP contribution in [0, 0.1) is 12.8 Å². The fourth-order valence-electron chi connectivity index (χ4n) is 2.70. The minimum Gasteiger partial charge on any atom is -0.316 e. The Bertz CT molecular complexity index is 587. The molecule has 0 bridgehead atoms. The van der Waals surface area contributed by atoms with Crippen molar-refractivity contribution in [3.63, 3.8) is 0 Å². The Morgan fingerprint density at radius 1 is 1.38 bits per heavy atom. The van der Waals surface area contributed by atoms with Crippen LogP contribution >= 0.6 is 0 Å². The summed E-state index contributed by atoms with van der Waals surface area (Å²) in [4.78, 5) is 2.58. The lowest BCUT2D eigenvalue weighted by Gasteiger charge is -2.13. The van der Waals surface area contributed by atoms with Gasteiger partial charge in [0.1, 0.15) is 0 Å². The fraction of sp³-hybridized carbons (Fsp3) is 0.600. The lowest BCUT2D eigenvalue weighted by Crippen LogP contribution is -2.30. The molecule has 1 unspecified atom stereocenters. The molecule has 1 aromatic rings. The highest BCUT2D eigenvalue weighted by molar-refractivity contribution is 7.89. The van der Waals surface area contributed by atoms with Gasteiger partial charge in [-0.2, -0.15) is 0 Å². The highest BCUT2D eigenvalue weighted by atomic mass is 32.2. The molecule has 2 N–H and O–H groups in total. The van der Waals surface area contributed by atoms with E-state index in [0.29, 0.717) is 23.9 Å². The molecule has 2 rings (SSSR count). The largest absolute Gasteiger partial charge is 0.316 e. The summed E-state index contributed by atoms with van der Waals surface area (Å²) >= 11 is 0. The molecule has 1 aromatic carbocycles. The molecule has 1 aliphatic rings. The number of rotatable bonds is 6. The second kappa shape index (κ2) is 6.87. The maximum atomic E-state index is 12.4. The van der Waals surface area contributed by atoms with Gasteiger partial charge >= 0.3 is 0 Å². The molecule has 1 fully saturated rings. The predicted molar refractivity (Wildman–Crippen MR) is 84.7 cm³/mol. The van der Waals surface area contributed by atoms with E-state index in [1.807, 2.05) is 20.0 Å². The van der Waals surface area contributed by atoms with Crippen LogP contribution in [0.15, 0.2) is 23.1 Å². The number of likely N-dealkylation sites (tertiary alicyclic amines) is 1. The molecular formula is C15H25N3O2S. The van der Waals surface area contributed by atoms with E-state index in [9.17, 15) is 8.42 Å². The van der Waals surface area contributed by atoms with Crippen molar-refractivity contribution in [3.8, 4) is 0 Å². The van der Waals surface area contributed by atoms with Gasteiger partial charge in [0.2, 0.25) is 10.0 Å². The van der Waals surface area contributed by atoms with Gasteiger partial charge in [-0.15, -0.1) is 0 Å². The zero-order valence-electron chi connectivity index (χ0n) is 13.0. The second-order valence-corrected chi connectivity index (χ2v) is 7.65. The third-order valence-corrected chi connectivity index (χ3v) is 5.47. The molecule has 1 heterocycles. The van der Waals surface area contributed by atoms with Gasteiger partial charge in [-0.25, -0.2) is 13.1 Å². The first-order chi connectivity index (χ1) is 9.92. The lowest BCUT2D eigenvalue weighted by atomic mass is 10.1. The molecule has 0 radical (unpaired) electrons. The van der Waals surface area contributed by atoms with Gasteiger partial charge in [0, 0.05) is 19.6 Å². The Labute approximate surface area is 127 Å². The Kier molecular flexibility index (Phi) is 5.37. The minimum atomic E-state index is -3.42. The topological polar surface area (TPSA) is 61.4 Å². The van der Waals surface area contributed by atoms with Gasteiger partial charge < -0.3 is 10.2 Å². The van der Waals surface area contributed by atoms with Gasteiger partial charge in [0.15, 0.2) is 0 Å². The normalized spacial score (nSPS) is 20.0. The van der Waals surface area contributed by atoms with Crippen LogP contribution in [0.25, 0.3) is 0 Å². The maximum Gasteiger partial charge on any atom is 0.240 e. The average molecular weight is 311 g/mol. The predicted octanol–water partition coefficient (Wildman–Crippen LogP) is 0.944. The van der Waals surface area contributed by atoms with Gasteiger partial charge in [0.25, 0.3) is 0 Å². The van der Waals surface area contributed by atoms with Crippen LogP contribution < -0.4 is 10.0 Å². The van der Waals surface area contributed by atoms with Crippen LogP contribution in [0.2, 0.25) is 0 Å². The molecule has 6 heteroatoms. The van der Waals surface area contributed by atoms with Gasteiger partial charge in [-0.05, 0) is 63.2 Å². The van der Waals surface area contributed by atoms with E-state index in [-0.39, 0.29) is 0 Å². The van der Waals surface area contributed by atoms with Crippen LogP contribution in [0.1, 0.15) is 17.5 Å². The van der Waals surface area contributed by atoms with Crippen LogP contribution in [-0.4, -0.2) is 47.0 Å². The molecule has 1 aliphatic heterocycles. The molecule has 21 heavy (non-hydrogen) atoms. The summed E-state index contributed by atoms with van der Waals surface area (Å²) in [5.74, 6) is 0.409. The highest BCUT2D eigenvalue weighted by Crippen LogP contribution is 2.17. The van der Waals surface area contributed by atoms with Crippen molar-refractivity contribution in [2.75, 3.05) is 33.7 Å². The summed E-state index contributed by atoms with van der Waals surface area (Å²) in [5.41, 5.74) is 2.11. The van der Waals surface area contributed by atoms with Crippen LogP contribution in [0.5, 0.6) is 0 Å². The number of hydrogen-bond donors (Lipinski definition) is 2. The summed E-state index contributed by atoms with van der Waals surface area (Å²) in [6, 6.07) is 5.30. The molecule has 118 valence electrons. The van der Waals surface area contributed by atoms with Crippen LogP contribution in [0.3, 0.4) is 0 Å². The van der Waals surface area contributed by atoms with E-state index in [1.165, 1.54) is 0 Å². The Balaban J connectivity index is 2.06. The summed E-state index contributed by atoms with van der Waals surface area (Å²) < 4.78 is 27.5. The quantitative estimate of drug-likeness (QED) is 0.821. The van der Waals surface area contributed by atoms with Crippen molar-refractivity contribution in [1.82, 2.24) is 14.9 Å². The number of sulfonamides is 1. The van der Waals surface area contributed by atoms with Gasteiger partial charge in [0.05, 0.1) is 4.90 Å². The van der Waals surface area contributed by atoms with E-state index < -0.39 is 10.0 Å². The molecule has 1 atom stereocenters. The molecule has 0 saturated carbocycles. The van der Waals surface area contributed by atoms with Crippen molar-refractivity contribution < 1.29 is 8.42 Å². The monoisotopic (exact) mass is 311 g/mol. The summed E-state index contributed by atoms with van der Waals surface area (Å²) in [6.07, 6.45) is 1.05. The van der Waals surface area contributed by atoms with Crippen molar-refractivity contribution in [3.05, 3.63) is 29.3 Å². The van der Waals surface area contributed by atoms with E-state index >= 15 is 0 Å². The molecule has 1 saturated heterocycles. The minimum absolute atomic E-state index is 0.352. The first-order valence-electron chi connectivity index (χ1n) is 7.34. The summed E-state index contributed by atoms with van der Waals surface area (Å²) in [6.45, 7) is 5.18. The van der Waals surface area contributed by atoms with E-state index in [1.54, 1.807) is 12.1 Å². The molecule has 0 amide bonds. The number of hydrogen-bond acceptors (Lipinski definition) is 4.